The van der Waals surface area contributed by atoms with Gasteiger partial charge in [0, 0.05) is 39.0 Å². The second-order valence-corrected chi connectivity index (χ2v) is 0. The van der Waals surface area contributed by atoms with E-state index in [9.17, 15) is 0 Å². The third-order valence-corrected chi connectivity index (χ3v) is 0. The molecule has 0 bridgehead atoms. The monoisotopic (exact) mass is 744 g/mol. The molecule has 0 saturated carbocycles. The molecular formula is C12Fe2N12Zn5. The molecule has 0 aromatic heterocycles. The first-order valence-electron chi connectivity index (χ1n) is 2.68. The molecule has 0 aromatic rings. The van der Waals surface area contributed by atoms with Crippen LogP contribution in [-0.2, 0) is 132 Å². The standard InChI is InChI=1S/12CN.2Fe.5Zn/c12*1-2;;;;;;;/q12*-1;2*+3;;;3*+2. The molecule has 0 rings (SSSR count). The Hall–Kier alpha value is -1.96. The molecule has 0 spiro atoms. The fraction of sp³-hybridized carbons (Fsp3) is 0. The number of rotatable bonds is 0. The van der Waals surface area contributed by atoms with E-state index in [1.54, 1.807) is 0 Å². The molecule has 2 radical (unpaired) electrons. The smallest absolute Gasteiger partial charge is 0.512 e. The Labute approximate surface area is 270 Å². The Balaban J connectivity index is -0.00000000292. The van der Waals surface area contributed by atoms with Crippen LogP contribution in [0, 0.1) is 142 Å². The van der Waals surface area contributed by atoms with E-state index in [0.717, 1.165) is 0 Å². The third-order valence-electron chi connectivity index (χ3n) is 0. The summed E-state index contributed by atoms with van der Waals surface area (Å²) < 4.78 is 0. The Morgan fingerprint density at radius 3 is 0.194 bits per heavy atom. The van der Waals surface area contributed by atoms with Gasteiger partial charge in [-0.05, 0) is 0 Å². The summed E-state index contributed by atoms with van der Waals surface area (Å²) >= 11 is 0. The minimum atomic E-state index is 0. The first kappa shape index (κ1) is 227. The molecule has 134 valence electrons. The van der Waals surface area contributed by atoms with Crippen molar-refractivity contribution in [3.8, 4) is 0 Å². The Morgan fingerprint density at radius 1 is 0.194 bits per heavy atom. The van der Waals surface area contributed by atoms with Crippen molar-refractivity contribution in [1.29, 1.82) is 63.1 Å². The van der Waals surface area contributed by atoms with Crippen molar-refractivity contribution in [1.82, 2.24) is 0 Å². The van der Waals surface area contributed by atoms with Crippen molar-refractivity contribution in [3.63, 3.8) is 0 Å². The van der Waals surface area contributed by atoms with Crippen LogP contribution in [0.5, 0.6) is 0 Å². The van der Waals surface area contributed by atoms with Gasteiger partial charge in [0.05, 0.1) is 0 Å². The molecule has 0 aliphatic carbocycles. The van der Waals surface area contributed by atoms with Crippen molar-refractivity contribution in [2.24, 2.45) is 0 Å². The fourth-order valence-corrected chi connectivity index (χ4v) is 0. The van der Waals surface area contributed by atoms with Crippen LogP contribution in [0.2, 0.25) is 0 Å². The van der Waals surface area contributed by atoms with Crippen LogP contribution in [-0.4, -0.2) is 0 Å². The van der Waals surface area contributed by atoms with Gasteiger partial charge in [0.1, 0.15) is 0 Å². The van der Waals surface area contributed by atoms with Gasteiger partial charge in [-0.2, -0.15) is 0 Å². The molecule has 12 nitrogen and oxygen atoms in total. The summed E-state index contributed by atoms with van der Waals surface area (Å²) in [5.74, 6) is 0. The molecule has 0 aliphatic rings. The maximum atomic E-state index is 6.25. The van der Waals surface area contributed by atoms with Crippen LogP contribution < -0.4 is 0 Å². The number of nitrogens with zero attached hydrogens (tertiary/aromatic N) is 12. The maximum absolute atomic E-state index is 6.25. The summed E-state index contributed by atoms with van der Waals surface area (Å²) in [5, 5.41) is 75.0. The van der Waals surface area contributed by atoms with E-state index in [0.29, 0.717) is 0 Å². The summed E-state index contributed by atoms with van der Waals surface area (Å²) in [6.07, 6.45) is 0. The number of hydrogen-bond donors (Lipinski definition) is 0. The normalized spacial score (nSPS) is 0.774. The van der Waals surface area contributed by atoms with Crippen LogP contribution >= 0.6 is 0 Å². The first-order chi connectivity index (χ1) is 12.0. The zero-order chi connectivity index (χ0) is 24.0. The molecule has 19 heteroatoms. The van der Waals surface area contributed by atoms with Crippen LogP contribution in [0.25, 0.3) is 0 Å². The van der Waals surface area contributed by atoms with Gasteiger partial charge in [0.15, 0.2) is 0 Å². The van der Waals surface area contributed by atoms with Crippen LogP contribution in [0.15, 0.2) is 0 Å². The fourth-order valence-electron chi connectivity index (χ4n) is 0. The average molecular weight is 751 g/mol. The summed E-state index contributed by atoms with van der Waals surface area (Å²) in [7, 11) is 0. The molecular weight excluding hydrogens is 751 g/mol. The second kappa shape index (κ2) is 5310. The molecule has 0 heterocycles. The van der Waals surface area contributed by atoms with Gasteiger partial charge < -0.3 is 142 Å². The molecule has 0 fully saturated rings. The van der Waals surface area contributed by atoms with E-state index in [4.69, 9.17) is 142 Å². The van der Waals surface area contributed by atoms with E-state index in [1.165, 1.54) is 0 Å². The van der Waals surface area contributed by atoms with E-state index < -0.39 is 0 Å². The van der Waals surface area contributed by atoms with Gasteiger partial charge in [-0.25, -0.2) is 0 Å². The maximum Gasteiger partial charge on any atom is 3.00 e. The average Bonchev–Trinajstić information content (AvgIpc) is 2.84. The number of hydrogen-bond acceptors (Lipinski definition) is 12. The quantitative estimate of drug-likeness (QED) is 0.249. The summed E-state index contributed by atoms with van der Waals surface area (Å²) in [4.78, 5) is 0. The van der Waals surface area contributed by atoms with Gasteiger partial charge >= 0.3 is 92.6 Å². The predicted molar refractivity (Wildman–Crippen MR) is 59.6 cm³/mol. The van der Waals surface area contributed by atoms with E-state index in [-0.39, 0.29) is 132 Å². The second-order valence-electron chi connectivity index (χ2n) is 0. The molecule has 0 N–H and O–H groups in total. The zero-order valence-corrected chi connectivity index (χ0v) is 32.7. The van der Waals surface area contributed by atoms with Gasteiger partial charge in [0.2, 0.25) is 0 Å². The molecule has 0 amide bonds. The SMILES string of the molecule is [C-]#N.[C-]#N.[C-]#N.[C-]#N.[C-]#N.[C-]#N.[C-]#N.[C-]#N.[C-]#N.[C-]#N.[C-]#N.[C-]#N.[Fe+3].[Fe+3].[Zn+2].[Zn+2].[Zn+2].[Zn].[Zn]. The summed E-state index contributed by atoms with van der Waals surface area (Å²) in [5.41, 5.74) is 0. The van der Waals surface area contributed by atoms with Gasteiger partial charge in [-0.15, -0.1) is 0 Å². The minimum Gasteiger partial charge on any atom is -0.512 e. The van der Waals surface area contributed by atoms with Gasteiger partial charge in [0.25, 0.3) is 0 Å². The van der Waals surface area contributed by atoms with E-state index >= 15 is 0 Å². The minimum absolute atomic E-state index is 0. The predicted octanol–water partition coefficient (Wildman–Crippen LogP) is 1.14. The largest absolute Gasteiger partial charge is 3.00 e. The Morgan fingerprint density at radius 2 is 0.194 bits per heavy atom. The van der Waals surface area contributed by atoms with Crippen molar-refractivity contribution in [2.75, 3.05) is 0 Å². The van der Waals surface area contributed by atoms with E-state index in [1.807, 2.05) is 0 Å². The first-order valence-corrected chi connectivity index (χ1v) is 2.68. The molecule has 0 aromatic carbocycles. The summed E-state index contributed by atoms with van der Waals surface area (Å²) in [6, 6.07) is 0. The Bertz CT molecular complexity index is 240. The molecule has 0 saturated heterocycles. The van der Waals surface area contributed by atoms with E-state index in [2.05, 4.69) is 0 Å². The van der Waals surface area contributed by atoms with Crippen molar-refractivity contribution in [3.05, 3.63) is 78.9 Å². The zero-order valence-electron chi connectivity index (χ0n) is 15.6. The van der Waals surface area contributed by atoms with Crippen molar-refractivity contribution < 1.29 is 132 Å². The van der Waals surface area contributed by atoms with Crippen molar-refractivity contribution >= 4 is 0 Å². The van der Waals surface area contributed by atoms with Crippen LogP contribution in [0.4, 0.5) is 0 Å². The molecule has 0 unspecified atom stereocenters. The summed E-state index contributed by atoms with van der Waals surface area (Å²) in [6.45, 7) is 57.0. The van der Waals surface area contributed by atoms with Crippen LogP contribution in [0.1, 0.15) is 0 Å². The van der Waals surface area contributed by atoms with Gasteiger partial charge in [-0.1, -0.05) is 0 Å². The molecule has 0 aliphatic heterocycles. The van der Waals surface area contributed by atoms with Crippen LogP contribution in [0.3, 0.4) is 0 Å². The molecule has 0 atom stereocenters. The van der Waals surface area contributed by atoms with Gasteiger partial charge in [-0.3, -0.25) is 0 Å². The molecule has 31 heavy (non-hydrogen) atoms. The Kier molecular flexibility index (Phi) is 38800. The topological polar surface area (TPSA) is 285 Å². The van der Waals surface area contributed by atoms with Crippen molar-refractivity contribution in [2.45, 2.75) is 0 Å². The third kappa shape index (κ3) is 4930.